The van der Waals surface area contributed by atoms with E-state index < -0.39 is 5.54 Å². The molecule has 2 amide bonds. The molecule has 1 saturated carbocycles. The molecule has 1 aromatic carbocycles. The Hall–Kier alpha value is -2.67. The summed E-state index contributed by atoms with van der Waals surface area (Å²) in [5.74, 6) is -0.643. The minimum absolute atomic E-state index is 0.0632. The molecule has 0 aliphatic heterocycles. The molecule has 1 fully saturated rings. The summed E-state index contributed by atoms with van der Waals surface area (Å²) in [6, 6.07) is 9.17. The molecule has 3 rings (SSSR count). The van der Waals surface area contributed by atoms with E-state index >= 15 is 0 Å². The van der Waals surface area contributed by atoms with Crippen molar-refractivity contribution < 1.29 is 9.59 Å². The Labute approximate surface area is 153 Å². The summed E-state index contributed by atoms with van der Waals surface area (Å²) in [5.41, 5.74) is 7.31. The summed E-state index contributed by atoms with van der Waals surface area (Å²) in [5, 5.41) is 9.65. The molecule has 4 N–H and O–H groups in total. The third kappa shape index (κ3) is 4.29. The third-order valence-corrected chi connectivity index (χ3v) is 4.91. The number of carbonyl (C=O) groups is 2. The van der Waals surface area contributed by atoms with Crippen LogP contribution in [0.25, 0.3) is 5.69 Å². The number of hydrogen-bond acceptors (Lipinski definition) is 4. The van der Waals surface area contributed by atoms with E-state index in [9.17, 15) is 9.59 Å². The second kappa shape index (κ2) is 7.70. The van der Waals surface area contributed by atoms with Crippen LogP contribution in [0.4, 0.5) is 5.69 Å². The number of amides is 2. The van der Waals surface area contributed by atoms with Crippen LogP contribution < -0.4 is 16.4 Å². The third-order valence-electron chi connectivity index (χ3n) is 4.91. The van der Waals surface area contributed by atoms with Crippen LogP contribution in [0.3, 0.4) is 0 Å². The highest BCUT2D eigenvalue weighted by molar-refractivity contribution is 5.95. The summed E-state index contributed by atoms with van der Waals surface area (Å²) in [7, 11) is 0. The molecule has 1 aliphatic carbocycles. The van der Waals surface area contributed by atoms with Gasteiger partial charge < -0.3 is 16.4 Å². The standard InChI is InChI=1S/C19H25N5O2/c1-19(20)10-3-2-5-16(19)18(26)21-13-17(25)23-14-6-8-15(9-7-14)24-12-4-11-22-24/h4,6-9,11-12,16H,2-3,5,10,13,20H2,1H3,(H,21,26)(H,23,25). The summed E-state index contributed by atoms with van der Waals surface area (Å²) < 4.78 is 1.74. The minimum atomic E-state index is -0.499. The van der Waals surface area contributed by atoms with Crippen LogP contribution in [0.1, 0.15) is 32.6 Å². The van der Waals surface area contributed by atoms with Crippen molar-refractivity contribution in [1.82, 2.24) is 15.1 Å². The molecule has 26 heavy (non-hydrogen) atoms. The molecule has 0 spiro atoms. The lowest BCUT2D eigenvalue weighted by atomic mass is 9.74. The maximum absolute atomic E-state index is 12.4. The average molecular weight is 355 g/mol. The number of anilines is 1. The topological polar surface area (TPSA) is 102 Å². The molecule has 138 valence electrons. The van der Waals surface area contributed by atoms with Gasteiger partial charge in [-0.3, -0.25) is 9.59 Å². The SMILES string of the molecule is CC1(N)CCCCC1C(=O)NCC(=O)Nc1ccc(-n2cccn2)cc1. The lowest BCUT2D eigenvalue weighted by Gasteiger charge is -2.37. The van der Waals surface area contributed by atoms with Gasteiger partial charge in [0.1, 0.15) is 0 Å². The lowest BCUT2D eigenvalue weighted by Crippen LogP contribution is -2.53. The highest BCUT2D eigenvalue weighted by Crippen LogP contribution is 2.31. The van der Waals surface area contributed by atoms with Crippen molar-refractivity contribution in [3.05, 3.63) is 42.7 Å². The van der Waals surface area contributed by atoms with Crippen LogP contribution in [0.5, 0.6) is 0 Å². The molecular formula is C19H25N5O2. The van der Waals surface area contributed by atoms with Crippen molar-refractivity contribution in [2.75, 3.05) is 11.9 Å². The van der Waals surface area contributed by atoms with Crippen LogP contribution in [0.2, 0.25) is 0 Å². The number of hydrogen-bond donors (Lipinski definition) is 3. The molecular weight excluding hydrogens is 330 g/mol. The van der Waals surface area contributed by atoms with Crippen LogP contribution in [-0.4, -0.2) is 33.7 Å². The Morgan fingerprint density at radius 3 is 2.73 bits per heavy atom. The van der Waals surface area contributed by atoms with E-state index in [0.29, 0.717) is 5.69 Å². The van der Waals surface area contributed by atoms with E-state index in [2.05, 4.69) is 15.7 Å². The molecule has 1 aromatic heterocycles. The molecule has 2 unspecified atom stereocenters. The Kier molecular flexibility index (Phi) is 5.37. The molecule has 2 aromatic rings. The van der Waals surface area contributed by atoms with Gasteiger partial charge in [0.15, 0.2) is 0 Å². The predicted octanol–water partition coefficient (Wildman–Crippen LogP) is 1.83. The summed E-state index contributed by atoms with van der Waals surface area (Å²) >= 11 is 0. The van der Waals surface area contributed by atoms with Gasteiger partial charge in [0, 0.05) is 23.6 Å². The first-order valence-electron chi connectivity index (χ1n) is 8.92. The molecule has 7 heteroatoms. The van der Waals surface area contributed by atoms with Gasteiger partial charge in [-0.05, 0) is 50.1 Å². The first kappa shape index (κ1) is 18.1. The smallest absolute Gasteiger partial charge is 0.243 e. The van der Waals surface area contributed by atoms with Gasteiger partial charge in [-0.2, -0.15) is 5.10 Å². The molecule has 1 heterocycles. The fourth-order valence-corrected chi connectivity index (χ4v) is 3.40. The fourth-order valence-electron chi connectivity index (χ4n) is 3.40. The number of aromatic nitrogens is 2. The molecule has 0 saturated heterocycles. The molecule has 0 bridgehead atoms. The first-order valence-corrected chi connectivity index (χ1v) is 8.92. The van der Waals surface area contributed by atoms with Crippen molar-refractivity contribution in [3.8, 4) is 5.69 Å². The number of nitrogens with two attached hydrogens (primary N) is 1. The summed E-state index contributed by atoms with van der Waals surface area (Å²) in [4.78, 5) is 24.5. The van der Waals surface area contributed by atoms with Crippen molar-refractivity contribution in [2.45, 2.75) is 38.1 Å². The van der Waals surface area contributed by atoms with Crippen LogP contribution in [0, 0.1) is 5.92 Å². The van der Waals surface area contributed by atoms with Crippen molar-refractivity contribution in [1.29, 1.82) is 0 Å². The quantitative estimate of drug-likeness (QED) is 0.761. The number of nitrogens with one attached hydrogen (secondary N) is 2. The van der Waals surface area contributed by atoms with E-state index in [1.54, 1.807) is 23.0 Å². The molecule has 1 aliphatic rings. The van der Waals surface area contributed by atoms with Gasteiger partial charge >= 0.3 is 0 Å². The van der Waals surface area contributed by atoms with Gasteiger partial charge in [0.05, 0.1) is 18.2 Å². The average Bonchev–Trinajstić information content (AvgIpc) is 3.14. The Balaban J connectivity index is 1.50. The van der Waals surface area contributed by atoms with Gasteiger partial charge in [-0.15, -0.1) is 0 Å². The van der Waals surface area contributed by atoms with Gasteiger partial charge in [-0.1, -0.05) is 12.8 Å². The van der Waals surface area contributed by atoms with Crippen molar-refractivity contribution in [2.24, 2.45) is 11.7 Å². The number of benzene rings is 1. The number of rotatable bonds is 5. The van der Waals surface area contributed by atoms with E-state index in [-0.39, 0.29) is 24.3 Å². The molecule has 0 radical (unpaired) electrons. The van der Waals surface area contributed by atoms with Crippen molar-refractivity contribution in [3.63, 3.8) is 0 Å². The maximum atomic E-state index is 12.4. The number of carbonyl (C=O) groups excluding carboxylic acids is 2. The van der Waals surface area contributed by atoms with E-state index in [1.807, 2.05) is 31.3 Å². The monoisotopic (exact) mass is 355 g/mol. The van der Waals surface area contributed by atoms with Gasteiger partial charge in [0.25, 0.3) is 0 Å². The van der Waals surface area contributed by atoms with Gasteiger partial charge in [-0.25, -0.2) is 4.68 Å². The maximum Gasteiger partial charge on any atom is 0.243 e. The Morgan fingerprint density at radius 2 is 2.08 bits per heavy atom. The Morgan fingerprint density at radius 1 is 1.31 bits per heavy atom. The zero-order chi connectivity index (χ0) is 18.6. The van der Waals surface area contributed by atoms with Crippen LogP contribution in [-0.2, 0) is 9.59 Å². The lowest BCUT2D eigenvalue weighted by molar-refractivity contribution is -0.130. The second-order valence-corrected chi connectivity index (χ2v) is 7.07. The van der Waals surface area contributed by atoms with Crippen LogP contribution in [0.15, 0.2) is 42.7 Å². The fraction of sp³-hybridized carbons (Fsp3) is 0.421. The highest BCUT2D eigenvalue weighted by atomic mass is 16.2. The largest absolute Gasteiger partial charge is 0.347 e. The molecule has 2 atom stereocenters. The first-order chi connectivity index (χ1) is 12.5. The van der Waals surface area contributed by atoms with E-state index in [1.165, 1.54) is 0 Å². The normalized spacial score (nSPS) is 22.6. The minimum Gasteiger partial charge on any atom is -0.347 e. The zero-order valence-corrected chi connectivity index (χ0v) is 14.9. The molecule has 7 nitrogen and oxygen atoms in total. The zero-order valence-electron chi connectivity index (χ0n) is 14.9. The van der Waals surface area contributed by atoms with Gasteiger partial charge in [0.2, 0.25) is 11.8 Å². The van der Waals surface area contributed by atoms with Crippen LogP contribution >= 0.6 is 0 Å². The van der Waals surface area contributed by atoms with E-state index in [4.69, 9.17) is 5.73 Å². The number of nitrogens with zero attached hydrogens (tertiary/aromatic N) is 2. The van der Waals surface area contributed by atoms with E-state index in [0.717, 1.165) is 31.4 Å². The Bertz CT molecular complexity index is 753. The summed E-state index contributed by atoms with van der Waals surface area (Å²) in [6.45, 7) is 1.85. The predicted molar refractivity (Wildman–Crippen MR) is 99.8 cm³/mol. The second-order valence-electron chi connectivity index (χ2n) is 7.07. The summed E-state index contributed by atoms with van der Waals surface area (Å²) in [6.07, 6.45) is 7.21. The highest BCUT2D eigenvalue weighted by Gasteiger charge is 2.37. The van der Waals surface area contributed by atoms with Crippen molar-refractivity contribution >= 4 is 17.5 Å².